The van der Waals surface area contributed by atoms with Crippen LogP contribution in [0.15, 0.2) is 30.9 Å². The summed E-state index contributed by atoms with van der Waals surface area (Å²) in [7, 11) is 0. The molecule has 18 heavy (non-hydrogen) atoms. The minimum Gasteiger partial charge on any atom is -0.365 e. The molecule has 0 spiro atoms. The highest BCUT2D eigenvalue weighted by atomic mass is 15.2. The number of hydrogen-bond acceptors (Lipinski definition) is 3. The Morgan fingerprint density at radius 2 is 2.11 bits per heavy atom. The Bertz CT molecular complexity index is 380. The van der Waals surface area contributed by atoms with Crippen molar-refractivity contribution in [3.05, 3.63) is 30.9 Å². The van der Waals surface area contributed by atoms with E-state index in [9.17, 15) is 0 Å². The minimum absolute atomic E-state index is 0.0274. The van der Waals surface area contributed by atoms with E-state index in [1.165, 1.54) is 0 Å². The van der Waals surface area contributed by atoms with Crippen molar-refractivity contribution in [3.8, 4) is 0 Å². The molecular formula is C15H25N3. The topological polar surface area (TPSA) is 28.2 Å². The summed E-state index contributed by atoms with van der Waals surface area (Å²) >= 11 is 0. The minimum atomic E-state index is 0.0274. The molecule has 0 unspecified atom stereocenters. The van der Waals surface area contributed by atoms with Gasteiger partial charge in [0.2, 0.25) is 0 Å². The van der Waals surface area contributed by atoms with E-state index in [1.807, 2.05) is 24.3 Å². The van der Waals surface area contributed by atoms with Crippen LogP contribution in [0.4, 0.5) is 11.6 Å². The van der Waals surface area contributed by atoms with Gasteiger partial charge in [0.25, 0.3) is 0 Å². The second-order valence-corrected chi connectivity index (χ2v) is 5.49. The lowest BCUT2D eigenvalue weighted by Crippen LogP contribution is -2.28. The van der Waals surface area contributed by atoms with Crippen molar-refractivity contribution in [2.24, 2.45) is 0 Å². The Balaban J connectivity index is 2.88. The maximum Gasteiger partial charge on any atom is 0.131 e. The lowest BCUT2D eigenvalue weighted by molar-refractivity contribution is 0.630. The van der Waals surface area contributed by atoms with E-state index in [1.54, 1.807) is 0 Å². The fraction of sp³-hybridized carbons (Fsp3) is 0.533. The van der Waals surface area contributed by atoms with Crippen molar-refractivity contribution in [3.63, 3.8) is 0 Å². The fourth-order valence-corrected chi connectivity index (χ4v) is 1.78. The van der Waals surface area contributed by atoms with E-state index in [0.29, 0.717) is 0 Å². The zero-order valence-electron chi connectivity index (χ0n) is 12.0. The van der Waals surface area contributed by atoms with E-state index >= 15 is 0 Å². The molecule has 0 bridgehead atoms. The Morgan fingerprint density at radius 1 is 1.39 bits per heavy atom. The number of pyridine rings is 1. The summed E-state index contributed by atoms with van der Waals surface area (Å²) < 4.78 is 0. The van der Waals surface area contributed by atoms with Crippen LogP contribution in [0.5, 0.6) is 0 Å². The smallest absolute Gasteiger partial charge is 0.131 e. The Labute approximate surface area is 111 Å². The molecule has 100 valence electrons. The third-order valence-corrected chi connectivity index (χ3v) is 2.40. The van der Waals surface area contributed by atoms with Gasteiger partial charge in [0.1, 0.15) is 11.6 Å². The number of nitrogens with zero attached hydrogens (tertiary/aromatic N) is 2. The van der Waals surface area contributed by atoms with Crippen LogP contribution in [0, 0.1) is 0 Å². The van der Waals surface area contributed by atoms with E-state index in [4.69, 9.17) is 0 Å². The molecule has 0 aliphatic heterocycles. The monoisotopic (exact) mass is 247 g/mol. The zero-order chi connectivity index (χ0) is 13.6. The Kier molecular flexibility index (Phi) is 5.20. The average molecular weight is 247 g/mol. The van der Waals surface area contributed by atoms with Gasteiger partial charge in [-0.05, 0) is 39.3 Å². The maximum atomic E-state index is 4.66. The van der Waals surface area contributed by atoms with Gasteiger partial charge in [-0.25, -0.2) is 4.98 Å². The number of anilines is 2. The molecule has 0 saturated carbocycles. The van der Waals surface area contributed by atoms with Crippen molar-refractivity contribution in [1.82, 2.24) is 4.98 Å². The maximum absolute atomic E-state index is 4.66. The van der Waals surface area contributed by atoms with Crippen LogP contribution < -0.4 is 10.2 Å². The normalized spacial score (nSPS) is 11.1. The standard InChI is InChI=1S/C15H25N3/c1-6-11-18(12-7-2)14-10-8-9-13(16-14)17-15(3,4)5/h6,8-10H,1,7,11-12H2,2-5H3,(H,16,17). The molecule has 1 rings (SSSR count). The second-order valence-electron chi connectivity index (χ2n) is 5.49. The molecule has 0 aromatic carbocycles. The van der Waals surface area contributed by atoms with Crippen LogP contribution >= 0.6 is 0 Å². The largest absolute Gasteiger partial charge is 0.365 e. The van der Waals surface area contributed by atoms with Crippen molar-refractivity contribution in [2.75, 3.05) is 23.3 Å². The predicted octanol–water partition coefficient (Wildman–Crippen LogP) is 3.69. The van der Waals surface area contributed by atoms with Crippen LogP contribution in [-0.4, -0.2) is 23.6 Å². The van der Waals surface area contributed by atoms with Crippen molar-refractivity contribution < 1.29 is 0 Å². The van der Waals surface area contributed by atoms with Gasteiger partial charge in [0, 0.05) is 18.6 Å². The highest BCUT2D eigenvalue weighted by Gasteiger charge is 2.11. The first-order valence-corrected chi connectivity index (χ1v) is 6.57. The number of hydrogen-bond donors (Lipinski definition) is 1. The van der Waals surface area contributed by atoms with Crippen LogP contribution in [0.1, 0.15) is 34.1 Å². The lowest BCUT2D eigenvalue weighted by Gasteiger charge is -2.25. The van der Waals surface area contributed by atoms with Gasteiger partial charge in [-0.3, -0.25) is 0 Å². The molecule has 3 heteroatoms. The van der Waals surface area contributed by atoms with Gasteiger partial charge in [0.15, 0.2) is 0 Å². The van der Waals surface area contributed by atoms with Gasteiger partial charge in [-0.2, -0.15) is 0 Å². The second kappa shape index (κ2) is 6.43. The molecule has 1 heterocycles. The summed E-state index contributed by atoms with van der Waals surface area (Å²) in [5.74, 6) is 1.93. The quantitative estimate of drug-likeness (QED) is 0.777. The van der Waals surface area contributed by atoms with Crippen molar-refractivity contribution in [1.29, 1.82) is 0 Å². The number of aromatic nitrogens is 1. The first kappa shape index (κ1) is 14.6. The number of nitrogens with one attached hydrogen (secondary N) is 1. The molecule has 0 saturated heterocycles. The van der Waals surface area contributed by atoms with Crippen molar-refractivity contribution in [2.45, 2.75) is 39.7 Å². The van der Waals surface area contributed by atoms with E-state index in [-0.39, 0.29) is 5.54 Å². The van der Waals surface area contributed by atoms with Crippen LogP contribution in [0.2, 0.25) is 0 Å². The van der Waals surface area contributed by atoms with E-state index in [2.05, 4.69) is 49.5 Å². The average Bonchev–Trinajstić information content (AvgIpc) is 2.27. The van der Waals surface area contributed by atoms with Crippen molar-refractivity contribution >= 4 is 11.6 Å². The van der Waals surface area contributed by atoms with Crippen LogP contribution in [0.25, 0.3) is 0 Å². The van der Waals surface area contributed by atoms with E-state index in [0.717, 1.165) is 31.1 Å². The summed E-state index contributed by atoms with van der Waals surface area (Å²) in [6.07, 6.45) is 3.02. The van der Waals surface area contributed by atoms with E-state index < -0.39 is 0 Å². The molecule has 3 nitrogen and oxygen atoms in total. The van der Waals surface area contributed by atoms with Gasteiger partial charge in [0.05, 0.1) is 0 Å². The van der Waals surface area contributed by atoms with Crippen LogP contribution in [-0.2, 0) is 0 Å². The first-order valence-electron chi connectivity index (χ1n) is 6.57. The summed E-state index contributed by atoms with van der Waals surface area (Å²) in [4.78, 5) is 6.90. The molecule has 1 aromatic rings. The molecule has 0 aliphatic carbocycles. The third-order valence-electron chi connectivity index (χ3n) is 2.40. The molecule has 0 atom stereocenters. The summed E-state index contributed by atoms with van der Waals surface area (Å²) in [6, 6.07) is 6.10. The SMILES string of the molecule is C=CCN(CCC)c1cccc(NC(C)(C)C)n1. The molecule has 0 fully saturated rings. The van der Waals surface area contributed by atoms with Gasteiger partial charge in [-0.15, -0.1) is 6.58 Å². The number of rotatable bonds is 6. The third kappa shape index (κ3) is 4.78. The molecule has 1 N–H and O–H groups in total. The zero-order valence-corrected chi connectivity index (χ0v) is 12.0. The Hall–Kier alpha value is -1.51. The Morgan fingerprint density at radius 3 is 2.67 bits per heavy atom. The lowest BCUT2D eigenvalue weighted by atomic mass is 10.1. The first-order chi connectivity index (χ1) is 8.46. The summed E-state index contributed by atoms with van der Waals surface area (Å²) in [5.41, 5.74) is 0.0274. The van der Waals surface area contributed by atoms with Gasteiger partial charge in [-0.1, -0.05) is 19.1 Å². The molecule has 1 aromatic heterocycles. The van der Waals surface area contributed by atoms with Crippen LogP contribution in [0.3, 0.4) is 0 Å². The summed E-state index contributed by atoms with van der Waals surface area (Å²) in [6.45, 7) is 14.2. The summed E-state index contributed by atoms with van der Waals surface area (Å²) in [5, 5.41) is 3.40. The van der Waals surface area contributed by atoms with Gasteiger partial charge < -0.3 is 10.2 Å². The highest BCUT2D eigenvalue weighted by molar-refractivity contribution is 5.48. The molecular weight excluding hydrogens is 222 g/mol. The fourth-order valence-electron chi connectivity index (χ4n) is 1.78. The molecule has 0 amide bonds. The van der Waals surface area contributed by atoms with Gasteiger partial charge >= 0.3 is 0 Å². The predicted molar refractivity (Wildman–Crippen MR) is 80.3 cm³/mol. The highest BCUT2D eigenvalue weighted by Crippen LogP contribution is 2.17. The molecule has 0 radical (unpaired) electrons. The molecule has 0 aliphatic rings.